The third kappa shape index (κ3) is 6.00. The highest BCUT2D eigenvalue weighted by atomic mass is 19.3. The number of likely N-dealkylation sites (N-methyl/N-ethyl adjacent to an activating group) is 1. The number of benzene rings is 2. The zero-order valence-corrected chi connectivity index (χ0v) is 19.4. The Labute approximate surface area is 193 Å². The van der Waals surface area contributed by atoms with Crippen molar-refractivity contribution in [1.29, 1.82) is 0 Å². The molecule has 1 atom stereocenters. The average Bonchev–Trinajstić information content (AvgIpc) is 2.77. The van der Waals surface area contributed by atoms with Crippen LogP contribution >= 0.6 is 0 Å². The van der Waals surface area contributed by atoms with Crippen LogP contribution in [0.2, 0.25) is 0 Å². The second-order valence-corrected chi connectivity index (χ2v) is 8.67. The molecule has 0 saturated heterocycles. The molecule has 2 aromatic rings. The third-order valence-electron chi connectivity index (χ3n) is 5.68. The van der Waals surface area contributed by atoms with Crippen LogP contribution < -0.4 is 9.47 Å². The van der Waals surface area contributed by atoms with E-state index in [0.717, 1.165) is 11.1 Å². The number of alkyl halides is 2. The van der Waals surface area contributed by atoms with Crippen molar-refractivity contribution in [2.45, 2.75) is 52.4 Å². The van der Waals surface area contributed by atoms with Crippen LogP contribution in [0.1, 0.15) is 37.0 Å². The Morgan fingerprint density at radius 2 is 1.82 bits per heavy atom. The Balaban J connectivity index is 1.81. The van der Waals surface area contributed by atoms with Crippen molar-refractivity contribution in [1.82, 2.24) is 9.80 Å². The molecule has 0 spiro atoms. The number of fused-ring (bicyclic) bond motifs is 1. The van der Waals surface area contributed by atoms with Gasteiger partial charge in [-0.05, 0) is 34.7 Å². The van der Waals surface area contributed by atoms with Crippen LogP contribution in [0.25, 0.3) is 0 Å². The summed E-state index contributed by atoms with van der Waals surface area (Å²) in [4.78, 5) is 29.6. The highest BCUT2D eigenvalue weighted by Crippen LogP contribution is 2.30. The van der Waals surface area contributed by atoms with Crippen molar-refractivity contribution in [2.75, 3.05) is 14.2 Å². The lowest BCUT2D eigenvalue weighted by atomic mass is 9.92. The van der Waals surface area contributed by atoms with Crippen LogP contribution in [0, 0.1) is 5.92 Å². The van der Waals surface area contributed by atoms with E-state index in [0.29, 0.717) is 24.9 Å². The predicted molar refractivity (Wildman–Crippen MR) is 120 cm³/mol. The molecule has 0 aliphatic carbocycles. The fourth-order valence-electron chi connectivity index (χ4n) is 4.09. The number of nitrogens with zero attached hydrogens (tertiary/aromatic N) is 2. The molecule has 2 aromatic carbocycles. The first-order valence-electron chi connectivity index (χ1n) is 10.9. The molecule has 3 rings (SSSR count). The summed E-state index contributed by atoms with van der Waals surface area (Å²) < 4.78 is 35.1. The van der Waals surface area contributed by atoms with Crippen molar-refractivity contribution in [3.8, 4) is 11.5 Å². The zero-order chi connectivity index (χ0) is 24.1. The van der Waals surface area contributed by atoms with Crippen molar-refractivity contribution < 1.29 is 27.8 Å². The highest BCUT2D eigenvalue weighted by Gasteiger charge is 2.36. The molecule has 6 nitrogen and oxygen atoms in total. The Morgan fingerprint density at radius 1 is 1.12 bits per heavy atom. The molecule has 178 valence electrons. The van der Waals surface area contributed by atoms with Gasteiger partial charge in [-0.15, -0.1) is 0 Å². The van der Waals surface area contributed by atoms with Crippen molar-refractivity contribution in [2.24, 2.45) is 5.92 Å². The zero-order valence-electron chi connectivity index (χ0n) is 19.4. The number of hydrogen-bond donors (Lipinski definition) is 0. The summed E-state index contributed by atoms with van der Waals surface area (Å²) in [7, 11) is 3.01. The van der Waals surface area contributed by atoms with Gasteiger partial charge in [-0.3, -0.25) is 9.59 Å². The molecule has 0 aromatic heterocycles. The molecule has 1 heterocycles. The van der Waals surface area contributed by atoms with Crippen molar-refractivity contribution >= 4 is 11.8 Å². The molecule has 0 radical (unpaired) electrons. The molecule has 2 amide bonds. The number of amides is 2. The maximum atomic E-state index is 13.5. The van der Waals surface area contributed by atoms with Crippen molar-refractivity contribution in [3.63, 3.8) is 0 Å². The van der Waals surface area contributed by atoms with Crippen LogP contribution in [0.4, 0.5) is 8.78 Å². The van der Waals surface area contributed by atoms with Crippen molar-refractivity contribution in [3.05, 3.63) is 59.2 Å². The second-order valence-electron chi connectivity index (χ2n) is 8.67. The number of hydrogen-bond acceptors (Lipinski definition) is 4. The molecular weight excluding hydrogens is 430 g/mol. The average molecular weight is 461 g/mol. The molecule has 1 aliphatic rings. The Morgan fingerprint density at radius 3 is 2.45 bits per heavy atom. The SMILES string of the molecule is COc1ccc(CN(C)C(=O)C2Cc3ccccc3CN2C(=O)CC(C)C)cc1OC(F)F. The van der Waals surface area contributed by atoms with Gasteiger partial charge in [0.2, 0.25) is 11.8 Å². The molecule has 0 saturated carbocycles. The fourth-order valence-corrected chi connectivity index (χ4v) is 4.09. The summed E-state index contributed by atoms with van der Waals surface area (Å²) in [5, 5.41) is 0. The van der Waals surface area contributed by atoms with E-state index in [1.54, 1.807) is 18.0 Å². The summed E-state index contributed by atoms with van der Waals surface area (Å²) in [6.07, 6.45) is 0.800. The maximum Gasteiger partial charge on any atom is 0.387 e. The number of carbonyl (C=O) groups is 2. The first-order valence-corrected chi connectivity index (χ1v) is 10.9. The van der Waals surface area contributed by atoms with Crippen LogP contribution in [0.3, 0.4) is 0 Å². The largest absolute Gasteiger partial charge is 0.493 e. The summed E-state index contributed by atoms with van der Waals surface area (Å²) >= 11 is 0. The summed E-state index contributed by atoms with van der Waals surface area (Å²) in [6, 6.07) is 11.9. The predicted octanol–water partition coefficient (Wildman–Crippen LogP) is 4.25. The Hall–Kier alpha value is -3.16. The molecule has 0 bridgehead atoms. The Kier molecular flexibility index (Phi) is 7.89. The molecule has 1 aliphatic heterocycles. The fraction of sp³-hybridized carbons (Fsp3) is 0.440. The molecule has 0 N–H and O–H groups in total. The van der Waals surface area contributed by atoms with E-state index < -0.39 is 12.7 Å². The van der Waals surface area contributed by atoms with Gasteiger partial charge in [0, 0.05) is 33.0 Å². The van der Waals surface area contributed by atoms with Gasteiger partial charge in [-0.25, -0.2) is 0 Å². The van der Waals surface area contributed by atoms with E-state index in [2.05, 4.69) is 4.74 Å². The molecule has 1 unspecified atom stereocenters. The lowest BCUT2D eigenvalue weighted by molar-refractivity contribution is -0.147. The van der Waals surface area contributed by atoms with Gasteiger partial charge in [0.1, 0.15) is 6.04 Å². The second kappa shape index (κ2) is 10.6. The number of methoxy groups -OCH3 is 1. The Bertz CT molecular complexity index is 996. The molecule has 0 fully saturated rings. The molecule has 8 heteroatoms. The third-order valence-corrected chi connectivity index (χ3v) is 5.68. The van der Waals surface area contributed by atoms with Gasteiger partial charge in [-0.2, -0.15) is 8.78 Å². The number of carbonyl (C=O) groups excluding carboxylic acids is 2. The molecule has 33 heavy (non-hydrogen) atoms. The van der Waals surface area contributed by atoms with E-state index in [4.69, 9.17) is 4.74 Å². The minimum absolute atomic E-state index is 0.0525. The first-order chi connectivity index (χ1) is 15.7. The lowest BCUT2D eigenvalue weighted by Crippen LogP contribution is -2.52. The topological polar surface area (TPSA) is 59.1 Å². The van der Waals surface area contributed by atoms with E-state index in [1.165, 1.54) is 24.1 Å². The summed E-state index contributed by atoms with van der Waals surface area (Å²) in [5.74, 6) is 0.0151. The van der Waals surface area contributed by atoms with Gasteiger partial charge in [-0.1, -0.05) is 44.2 Å². The van der Waals surface area contributed by atoms with Gasteiger partial charge in [0.15, 0.2) is 11.5 Å². The minimum Gasteiger partial charge on any atom is -0.493 e. The van der Waals surface area contributed by atoms with E-state index in [9.17, 15) is 18.4 Å². The standard InChI is InChI=1S/C25H30F2N2O4/c1-16(2)11-23(30)29-15-19-8-6-5-7-18(19)13-20(29)24(31)28(3)14-17-9-10-21(32-4)22(12-17)33-25(26)27/h5-10,12,16,20,25H,11,13-15H2,1-4H3. The summed E-state index contributed by atoms with van der Waals surface area (Å²) in [6.45, 7) is 1.52. The van der Waals surface area contributed by atoms with E-state index >= 15 is 0 Å². The molecular formula is C25H30F2N2O4. The normalized spacial score (nSPS) is 15.4. The van der Waals surface area contributed by atoms with Gasteiger partial charge in [0.05, 0.1) is 7.11 Å². The lowest BCUT2D eigenvalue weighted by Gasteiger charge is -2.38. The van der Waals surface area contributed by atoms with Gasteiger partial charge in [0.25, 0.3) is 0 Å². The van der Waals surface area contributed by atoms with Gasteiger partial charge < -0.3 is 19.3 Å². The van der Waals surface area contributed by atoms with E-state index in [-0.39, 0.29) is 35.8 Å². The van der Waals surface area contributed by atoms with Crippen LogP contribution in [-0.4, -0.2) is 48.4 Å². The quantitative estimate of drug-likeness (QED) is 0.591. The van der Waals surface area contributed by atoms with Gasteiger partial charge >= 0.3 is 6.61 Å². The maximum absolute atomic E-state index is 13.5. The monoisotopic (exact) mass is 460 g/mol. The number of rotatable bonds is 8. The van der Waals surface area contributed by atoms with E-state index in [1.807, 2.05) is 38.1 Å². The van der Waals surface area contributed by atoms with Crippen LogP contribution in [0.15, 0.2) is 42.5 Å². The number of halogens is 2. The smallest absolute Gasteiger partial charge is 0.387 e. The van der Waals surface area contributed by atoms with Crippen LogP contribution in [0.5, 0.6) is 11.5 Å². The minimum atomic E-state index is -2.99. The summed E-state index contributed by atoms with van der Waals surface area (Å²) in [5.41, 5.74) is 2.71. The van der Waals surface area contributed by atoms with Crippen LogP contribution in [-0.2, 0) is 29.1 Å². The number of ether oxygens (including phenoxy) is 2. The highest BCUT2D eigenvalue weighted by molar-refractivity contribution is 5.88. The first kappa shape index (κ1) is 24.5.